The Balaban J connectivity index is 1.45. The van der Waals surface area contributed by atoms with Gasteiger partial charge < -0.3 is 4.57 Å². The van der Waals surface area contributed by atoms with E-state index >= 15 is 0 Å². The van der Waals surface area contributed by atoms with Gasteiger partial charge >= 0.3 is 0 Å². The molecule has 0 unspecified atom stereocenters. The number of hydrogen-bond acceptors (Lipinski definition) is 2. The second-order valence-electron chi connectivity index (χ2n) is 7.05. The summed E-state index contributed by atoms with van der Waals surface area (Å²) in [6, 6.07) is 12.9. The zero-order valence-corrected chi connectivity index (χ0v) is 16.0. The molecule has 0 bridgehead atoms. The Bertz CT molecular complexity index is 806. The maximum atomic E-state index is 12.2. The van der Waals surface area contributed by atoms with Crippen molar-refractivity contribution >= 4 is 10.0 Å². The van der Waals surface area contributed by atoms with Crippen molar-refractivity contribution in [1.82, 2.24) is 9.29 Å². The molecule has 1 aliphatic rings. The number of nitrogens with one attached hydrogen (secondary N) is 1. The number of benzene rings is 1. The number of rotatable bonds is 9. The highest BCUT2D eigenvalue weighted by atomic mass is 32.2. The minimum Gasteiger partial charge on any atom is -0.346 e. The van der Waals surface area contributed by atoms with E-state index in [9.17, 15) is 8.42 Å². The van der Waals surface area contributed by atoms with Crippen molar-refractivity contribution in [3.8, 4) is 0 Å². The van der Waals surface area contributed by atoms with Gasteiger partial charge in [-0.05, 0) is 63.1 Å². The summed E-state index contributed by atoms with van der Waals surface area (Å²) in [5.41, 5.74) is 5.03. The number of aromatic nitrogens is 1. The highest BCUT2D eigenvalue weighted by Crippen LogP contribution is 2.38. The molecule has 1 fully saturated rings. The van der Waals surface area contributed by atoms with Crippen LogP contribution in [0.2, 0.25) is 0 Å². The Kier molecular flexibility index (Phi) is 5.64. The van der Waals surface area contributed by atoms with Crippen LogP contribution in [0, 0.1) is 13.8 Å². The second-order valence-corrected chi connectivity index (χ2v) is 8.98. The zero-order valence-electron chi connectivity index (χ0n) is 15.2. The lowest BCUT2D eigenvalue weighted by atomic mass is 10.1. The zero-order chi connectivity index (χ0) is 17.9. The van der Waals surface area contributed by atoms with Crippen molar-refractivity contribution in [2.75, 3.05) is 12.3 Å². The maximum absolute atomic E-state index is 12.2. The van der Waals surface area contributed by atoms with Crippen molar-refractivity contribution in [2.24, 2.45) is 0 Å². The standard InChI is InChI=1S/C20H28N2O2S/c1-16-15-19(17(2)22(16)20-10-11-20)12-13-21-25(23,24)14-6-9-18-7-4-3-5-8-18/h3-5,7-8,15,20-21H,6,9-14H2,1-2H3. The lowest BCUT2D eigenvalue weighted by Gasteiger charge is -2.09. The van der Waals surface area contributed by atoms with E-state index in [0.717, 1.165) is 12.8 Å². The van der Waals surface area contributed by atoms with E-state index in [-0.39, 0.29) is 5.75 Å². The molecule has 1 aromatic carbocycles. The molecule has 2 aromatic rings. The first-order valence-electron chi connectivity index (χ1n) is 9.15. The highest BCUT2D eigenvalue weighted by Gasteiger charge is 2.26. The average molecular weight is 361 g/mol. The number of hydrogen-bond donors (Lipinski definition) is 1. The molecular weight excluding hydrogens is 332 g/mol. The molecule has 1 N–H and O–H groups in total. The van der Waals surface area contributed by atoms with Crippen molar-refractivity contribution in [3.63, 3.8) is 0 Å². The van der Waals surface area contributed by atoms with Gasteiger partial charge in [0.2, 0.25) is 10.0 Å². The van der Waals surface area contributed by atoms with E-state index < -0.39 is 10.0 Å². The molecule has 136 valence electrons. The fourth-order valence-corrected chi connectivity index (χ4v) is 4.60. The molecule has 4 nitrogen and oxygen atoms in total. The lowest BCUT2D eigenvalue weighted by Crippen LogP contribution is -2.28. The van der Waals surface area contributed by atoms with Crippen LogP contribution in [0.3, 0.4) is 0 Å². The first-order valence-corrected chi connectivity index (χ1v) is 10.8. The van der Waals surface area contributed by atoms with E-state index in [1.165, 1.54) is 35.4 Å². The van der Waals surface area contributed by atoms with Crippen molar-refractivity contribution in [2.45, 2.75) is 52.0 Å². The summed E-state index contributed by atoms with van der Waals surface area (Å²) in [7, 11) is -3.20. The minimum absolute atomic E-state index is 0.184. The average Bonchev–Trinajstić information content (AvgIpc) is 3.35. The molecule has 1 aromatic heterocycles. The van der Waals surface area contributed by atoms with Crippen molar-refractivity contribution in [1.29, 1.82) is 0 Å². The van der Waals surface area contributed by atoms with Gasteiger partial charge in [-0.15, -0.1) is 0 Å². The van der Waals surface area contributed by atoms with Crippen LogP contribution in [-0.4, -0.2) is 25.3 Å². The van der Waals surface area contributed by atoms with Gasteiger partial charge in [0.1, 0.15) is 0 Å². The smallest absolute Gasteiger partial charge is 0.211 e. The van der Waals surface area contributed by atoms with Crippen molar-refractivity contribution < 1.29 is 8.42 Å². The van der Waals surface area contributed by atoms with Crippen LogP contribution in [0.25, 0.3) is 0 Å². The molecule has 0 spiro atoms. The fourth-order valence-electron chi connectivity index (χ4n) is 3.52. The van der Waals surface area contributed by atoms with Gasteiger partial charge in [0.25, 0.3) is 0 Å². The van der Waals surface area contributed by atoms with Crippen LogP contribution in [-0.2, 0) is 22.9 Å². The van der Waals surface area contributed by atoms with Gasteiger partial charge in [-0.1, -0.05) is 30.3 Å². The van der Waals surface area contributed by atoms with Crippen molar-refractivity contribution in [3.05, 3.63) is 58.9 Å². The predicted octanol–water partition coefficient (Wildman–Crippen LogP) is 3.53. The second kappa shape index (κ2) is 7.75. The van der Waals surface area contributed by atoms with Gasteiger partial charge in [0.15, 0.2) is 0 Å². The van der Waals surface area contributed by atoms with Crippen LogP contribution in [0.1, 0.15) is 47.8 Å². The van der Waals surface area contributed by atoms with Crippen LogP contribution < -0.4 is 4.72 Å². The Morgan fingerprint density at radius 3 is 2.52 bits per heavy atom. The monoisotopic (exact) mass is 360 g/mol. The van der Waals surface area contributed by atoms with Gasteiger partial charge in [0.05, 0.1) is 5.75 Å². The maximum Gasteiger partial charge on any atom is 0.211 e. The highest BCUT2D eigenvalue weighted by molar-refractivity contribution is 7.89. The van der Waals surface area contributed by atoms with Gasteiger partial charge in [-0.3, -0.25) is 0 Å². The summed E-state index contributed by atoms with van der Waals surface area (Å²) < 4.78 is 29.5. The minimum atomic E-state index is -3.20. The summed E-state index contributed by atoms with van der Waals surface area (Å²) >= 11 is 0. The van der Waals surface area contributed by atoms with Crippen LogP contribution in [0.4, 0.5) is 0 Å². The van der Waals surface area contributed by atoms with E-state index in [0.29, 0.717) is 19.0 Å². The third kappa shape index (κ3) is 4.95. The van der Waals surface area contributed by atoms with E-state index in [1.807, 2.05) is 30.3 Å². The van der Waals surface area contributed by atoms with Crippen LogP contribution in [0.5, 0.6) is 0 Å². The molecular formula is C20H28N2O2S. The quantitative estimate of drug-likeness (QED) is 0.744. The predicted molar refractivity (Wildman–Crippen MR) is 102 cm³/mol. The molecule has 25 heavy (non-hydrogen) atoms. The Morgan fingerprint density at radius 1 is 1.12 bits per heavy atom. The van der Waals surface area contributed by atoms with Gasteiger partial charge in [-0.25, -0.2) is 13.1 Å². The summed E-state index contributed by atoms with van der Waals surface area (Å²) in [4.78, 5) is 0. The first kappa shape index (κ1) is 18.2. The lowest BCUT2D eigenvalue weighted by molar-refractivity contribution is 0.578. The Hall–Kier alpha value is -1.59. The topological polar surface area (TPSA) is 51.1 Å². The fraction of sp³-hybridized carbons (Fsp3) is 0.500. The molecule has 0 amide bonds. The van der Waals surface area contributed by atoms with Gasteiger partial charge in [0, 0.05) is 24.0 Å². The number of nitrogens with zero attached hydrogens (tertiary/aromatic N) is 1. The number of aryl methyl sites for hydroxylation is 2. The first-order chi connectivity index (χ1) is 12.0. The Labute approximate surface area is 151 Å². The Morgan fingerprint density at radius 2 is 1.84 bits per heavy atom. The molecule has 5 heteroatoms. The van der Waals surface area contributed by atoms with Gasteiger partial charge in [-0.2, -0.15) is 0 Å². The summed E-state index contributed by atoms with van der Waals surface area (Å²) in [5, 5.41) is 0. The molecule has 0 saturated heterocycles. The largest absolute Gasteiger partial charge is 0.346 e. The molecule has 0 radical (unpaired) electrons. The molecule has 1 aliphatic carbocycles. The molecule has 1 saturated carbocycles. The summed E-state index contributed by atoms with van der Waals surface area (Å²) in [6.45, 7) is 4.76. The van der Waals surface area contributed by atoms with E-state index in [1.54, 1.807) is 0 Å². The molecule has 0 aliphatic heterocycles. The normalized spacial score (nSPS) is 14.8. The SMILES string of the molecule is Cc1cc(CCNS(=O)(=O)CCCc2ccccc2)c(C)n1C1CC1. The summed E-state index contributed by atoms with van der Waals surface area (Å²) in [5.74, 6) is 0.184. The van der Waals surface area contributed by atoms with E-state index in [4.69, 9.17) is 0 Å². The van der Waals surface area contributed by atoms with Crippen LogP contribution >= 0.6 is 0 Å². The molecule has 3 rings (SSSR count). The molecule has 0 atom stereocenters. The molecule has 1 heterocycles. The van der Waals surface area contributed by atoms with Crippen LogP contribution in [0.15, 0.2) is 36.4 Å². The third-order valence-electron chi connectivity index (χ3n) is 4.94. The van der Waals surface area contributed by atoms with E-state index in [2.05, 4.69) is 29.2 Å². The summed E-state index contributed by atoms with van der Waals surface area (Å²) in [6.07, 6.45) is 4.73. The number of sulfonamides is 1. The third-order valence-corrected chi connectivity index (χ3v) is 6.41.